The minimum atomic E-state index is -0.333. The van der Waals surface area contributed by atoms with Crippen molar-refractivity contribution >= 4 is 5.97 Å². The molecule has 1 rings (SSSR count). The van der Waals surface area contributed by atoms with E-state index in [0.717, 1.165) is 19.3 Å². The van der Waals surface area contributed by atoms with Crippen molar-refractivity contribution in [3.05, 3.63) is 0 Å². The summed E-state index contributed by atoms with van der Waals surface area (Å²) in [5, 5.41) is 0. The highest BCUT2D eigenvalue weighted by Crippen LogP contribution is 2.28. The summed E-state index contributed by atoms with van der Waals surface area (Å²) in [5.74, 6) is -0.0844. The van der Waals surface area contributed by atoms with E-state index in [1.54, 1.807) is 0 Å². The highest BCUT2D eigenvalue weighted by Gasteiger charge is 2.37. The lowest BCUT2D eigenvalue weighted by atomic mass is 9.99. The Morgan fingerprint density at radius 3 is 2.71 bits per heavy atom. The van der Waals surface area contributed by atoms with Gasteiger partial charge in [-0.25, -0.2) is 0 Å². The Kier molecular flexibility index (Phi) is 3.93. The Morgan fingerprint density at radius 1 is 1.57 bits per heavy atom. The monoisotopic (exact) mass is 200 g/mol. The van der Waals surface area contributed by atoms with Crippen LogP contribution < -0.4 is 0 Å². The van der Waals surface area contributed by atoms with Crippen LogP contribution in [0.4, 0.5) is 0 Å². The van der Waals surface area contributed by atoms with E-state index in [4.69, 9.17) is 9.47 Å². The average molecular weight is 200 g/mol. The van der Waals surface area contributed by atoms with Crippen LogP contribution in [-0.2, 0) is 14.3 Å². The Morgan fingerprint density at radius 2 is 2.29 bits per heavy atom. The van der Waals surface area contributed by atoms with Crippen LogP contribution >= 0.6 is 0 Å². The van der Waals surface area contributed by atoms with Crippen molar-refractivity contribution < 1.29 is 14.3 Å². The Labute approximate surface area is 85.8 Å². The average Bonchev–Trinajstić information content (AvgIpc) is 2.65. The predicted octanol–water partition coefficient (Wildman–Crippen LogP) is 2.14. The third-order valence-corrected chi connectivity index (χ3v) is 3.04. The van der Waals surface area contributed by atoms with Gasteiger partial charge in [-0.2, -0.15) is 0 Å². The molecule has 3 heteroatoms. The highest BCUT2D eigenvalue weighted by molar-refractivity contribution is 5.72. The summed E-state index contributed by atoms with van der Waals surface area (Å²) in [6.07, 6.45) is 2.51. The van der Waals surface area contributed by atoms with Gasteiger partial charge in [-0.15, -0.1) is 0 Å². The first kappa shape index (κ1) is 11.5. The number of hydrogen-bond acceptors (Lipinski definition) is 3. The summed E-state index contributed by atoms with van der Waals surface area (Å²) >= 11 is 0. The predicted molar refractivity (Wildman–Crippen MR) is 54.0 cm³/mol. The van der Waals surface area contributed by atoms with Crippen LogP contribution in [0.5, 0.6) is 0 Å². The summed E-state index contributed by atoms with van der Waals surface area (Å²) < 4.78 is 10.8. The second-order valence-electron chi connectivity index (χ2n) is 4.07. The number of carbonyl (C=O) groups excluding carboxylic acids is 1. The maximum absolute atomic E-state index is 11.6. The van der Waals surface area contributed by atoms with Gasteiger partial charge in [0.15, 0.2) is 0 Å². The number of esters is 1. The second kappa shape index (κ2) is 4.78. The van der Waals surface area contributed by atoms with Crippen molar-refractivity contribution in [2.45, 2.75) is 45.6 Å². The minimum absolute atomic E-state index is 0.000903. The maximum Gasteiger partial charge on any atom is 0.309 e. The smallest absolute Gasteiger partial charge is 0.309 e. The summed E-state index contributed by atoms with van der Waals surface area (Å²) in [5.41, 5.74) is -0.333. The molecule has 0 bridgehead atoms. The van der Waals surface area contributed by atoms with Gasteiger partial charge in [0.25, 0.3) is 0 Å². The molecule has 1 heterocycles. The molecule has 1 saturated heterocycles. The van der Waals surface area contributed by atoms with Gasteiger partial charge in [0, 0.05) is 6.42 Å². The molecular formula is C11H20O3. The first-order valence-electron chi connectivity index (χ1n) is 5.44. The topological polar surface area (TPSA) is 35.5 Å². The summed E-state index contributed by atoms with van der Waals surface area (Å²) in [6.45, 7) is 7.21. The molecule has 3 nitrogen and oxygen atoms in total. The Balaban J connectivity index is 2.52. The largest absolute Gasteiger partial charge is 0.456 e. The van der Waals surface area contributed by atoms with Crippen molar-refractivity contribution in [3.8, 4) is 0 Å². The molecule has 82 valence electrons. The van der Waals surface area contributed by atoms with Crippen molar-refractivity contribution in [2.75, 3.05) is 13.2 Å². The molecule has 1 aliphatic rings. The standard InChI is InChI=1S/C11H20O3/c1-4-9(3)10(12)14-11(5-2)6-7-13-8-11/h9H,4-8H2,1-3H3. The van der Waals surface area contributed by atoms with Crippen molar-refractivity contribution in [1.29, 1.82) is 0 Å². The first-order chi connectivity index (χ1) is 6.63. The Hall–Kier alpha value is -0.570. The van der Waals surface area contributed by atoms with Crippen LogP contribution in [0.1, 0.15) is 40.0 Å². The molecule has 0 aliphatic carbocycles. The van der Waals surface area contributed by atoms with E-state index < -0.39 is 0 Å². The molecule has 0 aromatic rings. The maximum atomic E-state index is 11.6. The molecule has 1 fully saturated rings. The van der Waals surface area contributed by atoms with E-state index >= 15 is 0 Å². The van der Waals surface area contributed by atoms with Crippen LogP contribution in [0.3, 0.4) is 0 Å². The molecule has 0 aromatic heterocycles. The first-order valence-corrected chi connectivity index (χ1v) is 5.44. The highest BCUT2D eigenvalue weighted by atomic mass is 16.6. The van der Waals surface area contributed by atoms with Crippen LogP contribution in [0.15, 0.2) is 0 Å². The molecule has 2 unspecified atom stereocenters. The van der Waals surface area contributed by atoms with E-state index in [-0.39, 0.29) is 17.5 Å². The van der Waals surface area contributed by atoms with Gasteiger partial charge in [0.1, 0.15) is 5.60 Å². The number of hydrogen-bond donors (Lipinski definition) is 0. The zero-order valence-electron chi connectivity index (χ0n) is 9.34. The Bertz CT molecular complexity index is 195. The van der Waals surface area contributed by atoms with E-state index in [9.17, 15) is 4.79 Å². The lowest BCUT2D eigenvalue weighted by molar-refractivity contribution is -0.164. The summed E-state index contributed by atoms with van der Waals surface area (Å²) in [6, 6.07) is 0. The van der Waals surface area contributed by atoms with Gasteiger partial charge < -0.3 is 9.47 Å². The van der Waals surface area contributed by atoms with Crippen molar-refractivity contribution in [3.63, 3.8) is 0 Å². The van der Waals surface area contributed by atoms with E-state index in [2.05, 4.69) is 0 Å². The van der Waals surface area contributed by atoms with Gasteiger partial charge in [-0.1, -0.05) is 20.8 Å². The van der Waals surface area contributed by atoms with E-state index in [1.165, 1.54) is 0 Å². The molecule has 0 N–H and O–H groups in total. The van der Waals surface area contributed by atoms with E-state index in [1.807, 2.05) is 20.8 Å². The van der Waals surface area contributed by atoms with Crippen LogP contribution in [0.2, 0.25) is 0 Å². The summed E-state index contributed by atoms with van der Waals surface area (Å²) in [7, 11) is 0. The van der Waals surface area contributed by atoms with Crippen molar-refractivity contribution in [2.24, 2.45) is 5.92 Å². The minimum Gasteiger partial charge on any atom is -0.456 e. The van der Waals surface area contributed by atoms with Crippen LogP contribution in [0.25, 0.3) is 0 Å². The fourth-order valence-electron chi connectivity index (χ4n) is 1.50. The van der Waals surface area contributed by atoms with Gasteiger partial charge in [0.05, 0.1) is 19.1 Å². The lowest BCUT2D eigenvalue weighted by Crippen LogP contribution is -2.36. The molecule has 0 amide bonds. The van der Waals surface area contributed by atoms with Crippen LogP contribution in [-0.4, -0.2) is 24.8 Å². The molecule has 0 saturated carbocycles. The third-order valence-electron chi connectivity index (χ3n) is 3.04. The lowest BCUT2D eigenvalue weighted by Gasteiger charge is -2.27. The quantitative estimate of drug-likeness (QED) is 0.652. The molecule has 0 aromatic carbocycles. The fraction of sp³-hybridized carbons (Fsp3) is 0.909. The van der Waals surface area contributed by atoms with E-state index in [0.29, 0.717) is 13.2 Å². The molecular weight excluding hydrogens is 180 g/mol. The SMILES string of the molecule is CCC(C)C(=O)OC1(CC)CCOC1. The second-order valence-corrected chi connectivity index (χ2v) is 4.07. The molecule has 1 aliphatic heterocycles. The van der Waals surface area contributed by atoms with Gasteiger partial charge in [-0.05, 0) is 12.8 Å². The number of carbonyl (C=O) groups is 1. The molecule has 0 radical (unpaired) electrons. The molecule has 2 atom stereocenters. The van der Waals surface area contributed by atoms with Crippen molar-refractivity contribution in [1.82, 2.24) is 0 Å². The van der Waals surface area contributed by atoms with Crippen LogP contribution in [0, 0.1) is 5.92 Å². The number of ether oxygens (including phenoxy) is 2. The zero-order valence-corrected chi connectivity index (χ0v) is 9.34. The third kappa shape index (κ3) is 2.47. The molecule has 0 spiro atoms. The zero-order chi connectivity index (χ0) is 10.6. The summed E-state index contributed by atoms with van der Waals surface area (Å²) in [4.78, 5) is 11.6. The molecule has 14 heavy (non-hydrogen) atoms. The fourth-order valence-corrected chi connectivity index (χ4v) is 1.50. The normalized spacial score (nSPS) is 28.8. The number of rotatable bonds is 4. The van der Waals surface area contributed by atoms with Gasteiger partial charge >= 0.3 is 5.97 Å². The van der Waals surface area contributed by atoms with Gasteiger partial charge in [0.2, 0.25) is 0 Å². The van der Waals surface area contributed by atoms with Gasteiger partial charge in [-0.3, -0.25) is 4.79 Å².